The molecule has 0 amide bonds. The second-order valence-electron chi connectivity index (χ2n) is 3.21. The van der Waals surface area contributed by atoms with E-state index in [1.165, 1.54) is 0 Å². The summed E-state index contributed by atoms with van der Waals surface area (Å²) >= 11 is 0. The highest BCUT2D eigenvalue weighted by molar-refractivity contribution is 5.70. The van der Waals surface area contributed by atoms with Crippen LogP contribution in [-0.4, -0.2) is 16.2 Å². The van der Waals surface area contributed by atoms with E-state index in [1.54, 1.807) is 31.2 Å². The monoisotopic (exact) mass is 194 g/mol. The van der Waals surface area contributed by atoms with Crippen LogP contribution in [0.4, 0.5) is 0 Å². The molecular weight excluding hydrogens is 180 g/mol. The average Bonchev–Trinajstić information content (AvgIpc) is 2.19. The molecule has 0 aliphatic carbocycles. The number of aliphatic hydroxyl groups excluding tert-OH is 1. The van der Waals surface area contributed by atoms with Crippen molar-refractivity contribution in [2.24, 2.45) is 5.92 Å². The predicted octanol–water partition coefficient (Wildman–Crippen LogP) is 1.83. The first-order valence-electron chi connectivity index (χ1n) is 4.62. The molecule has 0 fully saturated rings. The standard InChI is InChI=1S/C11H14O3/c1-2-9(11(13)14)10(12)8-6-4-3-5-7-8/h3-7,9-10,12H,2H2,1H3,(H,13,14)/t9-,10+/m0/s1. The lowest BCUT2D eigenvalue weighted by atomic mass is 9.94. The molecule has 1 aromatic carbocycles. The molecule has 0 aliphatic heterocycles. The van der Waals surface area contributed by atoms with Crippen LogP contribution in [0.2, 0.25) is 0 Å². The zero-order chi connectivity index (χ0) is 10.6. The molecule has 1 aromatic rings. The third kappa shape index (κ3) is 2.33. The van der Waals surface area contributed by atoms with Crippen molar-refractivity contribution in [1.29, 1.82) is 0 Å². The summed E-state index contributed by atoms with van der Waals surface area (Å²) in [6.07, 6.45) is -0.496. The summed E-state index contributed by atoms with van der Waals surface area (Å²) in [5.41, 5.74) is 0.654. The maximum Gasteiger partial charge on any atom is 0.309 e. The van der Waals surface area contributed by atoms with Gasteiger partial charge in [0.2, 0.25) is 0 Å². The van der Waals surface area contributed by atoms with Gasteiger partial charge in [-0.3, -0.25) is 4.79 Å². The normalized spacial score (nSPS) is 14.7. The van der Waals surface area contributed by atoms with Gasteiger partial charge in [-0.15, -0.1) is 0 Å². The van der Waals surface area contributed by atoms with Crippen LogP contribution in [0.1, 0.15) is 25.0 Å². The summed E-state index contributed by atoms with van der Waals surface area (Å²) in [7, 11) is 0. The Hall–Kier alpha value is -1.35. The van der Waals surface area contributed by atoms with Gasteiger partial charge in [0.25, 0.3) is 0 Å². The van der Waals surface area contributed by atoms with Crippen molar-refractivity contribution >= 4 is 5.97 Å². The molecule has 3 heteroatoms. The molecule has 0 radical (unpaired) electrons. The third-order valence-electron chi connectivity index (χ3n) is 2.28. The number of carboxylic acids is 1. The van der Waals surface area contributed by atoms with Crippen LogP contribution < -0.4 is 0 Å². The largest absolute Gasteiger partial charge is 0.481 e. The number of rotatable bonds is 4. The second-order valence-corrected chi connectivity index (χ2v) is 3.21. The Bertz CT molecular complexity index is 295. The fourth-order valence-corrected chi connectivity index (χ4v) is 1.42. The van der Waals surface area contributed by atoms with E-state index in [0.29, 0.717) is 12.0 Å². The number of hydrogen-bond acceptors (Lipinski definition) is 2. The van der Waals surface area contributed by atoms with Gasteiger partial charge in [-0.25, -0.2) is 0 Å². The number of aliphatic hydroxyl groups is 1. The van der Waals surface area contributed by atoms with Crippen LogP contribution in [-0.2, 0) is 4.79 Å². The number of hydrogen-bond donors (Lipinski definition) is 2. The summed E-state index contributed by atoms with van der Waals surface area (Å²) in [6, 6.07) is 8.87. The van der Waals surface area contributed by atoms with Gasteiger partial charge in [0.1, 0.15) is 0 Å². The highest BCUT2D eigenvalue weighted by Crippen LogP contribution is 2.24. The Morgan fingerprint density at radius 3 is 2.36 bits per heavy atom. The van der Waals surface area contributed by atoms with Crippen molar-refractivity contribution in [3.05, 3.63) is 35.9 Å². The lowest BCUT2D eigenvalue weighted by Crippen LogP contribution is -2.21. The van der Waals surface area contributed by atoms with Gasteiger partial charge in [0.15, 0.2) is 0 Å². The van der Waals surface area contributed by atoms with Crippen LogP contribution in [0.5, 0.6) is 0 Å². The average molecular weight is 194 g/mol. The van der Waals surface area contributed by atoms with Gasteiger partial charge < -0.3 is 10.2 Å². The number of benzene rings is 1. The fourth-order valence-electron chi connectivity index (χ4n) is 1.42. The van der Waals surface area contributed by atoms with E-state index < -0.39 is 18.0 Å². The van der Waals surface area contributed by atoms with Gasteiger partial charge in [0, 0.05) is 0 Å². The van der Waals surface area contributed by atoms with Crippen molar-refractivity contribution < 1.29 is 15.0 Å². The number of aliphatic carboxylic acids is 1. The molecule has 0 bridgehead atoms. The topological polar surface area (TPSA) is 57.5 Å². The summed E-state index contributed by atoms with van der Waals surface area (Å²) in [6.45, 7) is 1.75. The molecule has 1 rings (SSSR count). The van der Waals surface area contributed by atoms with Gasteiger partial charge in [0.05, 0.1) is 12.0 Å². The van der Waals surface area contributed by atoms with E-state index >= 15 is 0 Å². The maximum atomic E-state index is 10.8. The highest BCUT2D eigenvalue weighted by Gasteiger charge is 2.25. The molecule has 0 aliphatic rings. The summed E-state index contributed by atoms with van der Waals surface area (Å²) in [5, 5.41) is 18.6. The van der Waals surface area contributed by atoms with Crippen molar-refractivity contribution in [2.75, 3.05) is 0 Å². The van der Waals surface area contributed by atoms with Gasteiger partial charge in [-0.1, -0.05) is 37.3 Å². The molecule has 0 saturated carbocycles. The smallest absolute Gasteiger partial charge is 0.309 e. The first-order valence-corrected chi connectivity index (χ1v) is 4.62. The quantitative estimate of drug-likeness (QED) is 0.768. The molecule has 2 atom stereocenters. The van der Waals surface area contributed by atoms with E-state index in [9.17, 15) is 9.90 Å². The molecule has 0 spiro atoms. The van der Waals surface area contributed by atoms with Gasteiger partial charge in [-0.05, 0) is 12.0 Å². The van der Waals surface area contributed by atoms with Crippen LogP contribution >= 0.6 is 0 Å². The van der Waals surface area contributed by atoms with Gasteiger partial charge >= 0.3 is 5.97 Å². The zero-order valence-electron chi connectivity index (χ0n) is 8.05. The summed E-state index contributed by atoms with van der Waals surface area (Å²) in [5.74, 6) is -1.68. The van der Waals surface area contributed by atoms with Crippen LogP contribution in [0.25, 0.3) is 0 Å². The molecular formula is C11H14O3. The van der Waals surface area contributed by atoms with E-state index in [0.717, 1.165) is 0 Å². The zero-order valence-corrected chi connectivity index (χ0v) is 8.05. The minimum atomic E-state index is -0.955. The predicted molar refractivity (Wildman–Crippen MR) is 52.8 cm³/mol. The fraction of sp³-hybridized carbons (Fsp3) is 0.364. The van der Waals surface area contributed by atoms with E-state index in [1.807, 2.05) is 6.07 Å². The molecule has 14 heavy (non-hydrogen) atoms. The Kier molecular flexibility index (Phi) is 3.65. The minimum absolute atomic E-state index is 0.422. The lowest BCUT2D eigenvalue weighted by Gasteiger charge is -2.17. The van der Waals surface area contributed by atoms with Gasteiger partial charge in [-0.2, -0.15) is 0 Å². The maximum absolute atomic E-state index is 10.8. The number of carboxylic acid groups (broad SMARTS) is 1. The van der Waals surface area contributed by atoms with Crippen molar-refractivity contribution in [1.82, 2.24) is 0 Å². The molecule has 3 nitrogen and oxygen atoms in total. The van der Waals surface area contributed by atoms with E-state index in [-0.39, 0.29) is 0 Å². The van der Waals surface area contributed by atoms with E-state index in [2.05, 4.69) is 0 Å². The summed E-state index contributed by atoms with van der Waals surface area (Å²) in [4.78, 5) is 10.8. The molecule has 2 N–H and O–H groups in total. The molecule has 76 valence electrons. The van der Waals surface area contributed by atoms with Crippen molar-refractivity contribution in [3.63, 3.8) is 0 Å². The first kappa shape index (κ1) is 10.7. The van der Waals surface area contributed by atoms with Crippen LogP contribution in [0.3, 0.4) is 0 Å². The Labute approximate surface area is 83.0 Å². The van der Waals surface area contributed by atoms with Crippen molar-refractivity contribution in [2.45, 2.75) is 19.4 Å². The van der Waals surface area contributed by atoms with Crippen LogP contribution in [0.15, 0.2) is 30.3 Å². The Morgan fingerprint density at radius 2 is 1.93 bits per heavy atom. The van der Waals surface area contributed by atoms with Crippen LogP contribution in [0, 0.1) is 5.92 Å². The SMILES string of the molecule is CC[C@H](C(=O)O)[C@H](O)c1ccccc1. The summed E-state index contributed by atoms with van der Waals surface area (Å²) < 4.78 is 0. The minimum Gasteiger partial charge on any atom is -0.481 e. The number of carbonyl (C=O) groups is 1. The lowest BCUT2D eigenvalue weighted by molar-refractivity contribution is -0.146. The highest BCUT2D eigenvalue weighted by atomic mass is 16.4. The Balaban J connectivity index is 2.83. The molecule has 0 saturated heterocycles. The molecule has 0 heterocycles. The second kappa shape index (κ2) is 4.77. The molecule has 0 unspecified atom stereocenters. The first-order chi connectivity index (χ1) is 6.66. The Morgan fingerprint density at radius 1 is 1.36 bits per heavy atom. The van der Waals surface area contributed by atoms with E-state index in [4.69, 9.17) is 5.11 Å². The third-order valence-corrected chi connectivity index (χ3v) is 2.28. The molecule has 0 aromatic heterocycles. The van der Waals surface area contributed by atoms with Crippen molar-refractivity contribution in [3.8, 4) is 0 Å².